The molecule has 1 aromatic heterocycles. The van der Waals surface area contributed by atoms with Crippen LogP contribution in [0.1, 0.15) is 12.6 Å². The van der Waals surface area contributed by atoms with E-state index in [0.29, 0.717) is 6.61 Å². The highest BCUT2D eigenvalue weighted by Crippen LogP contribution is 2.09. The second-order valence-electron chi connectivity index (χ2n) is 4.32. The van der Waals surface area contributed by atoms with Gasteiger partial charge in [-0.25, -0.2) is 0 Å². The number of pyridine rings is 1. The summed E-state index contributed by atoms with van der Waals surface area (Å²) in [7, 11) is 4.04. The minimum absolute atomic E-state index is 0.146. The molecule has 0 radical (unpaired) electrons. The summed E-state index contributed by atoms with van der Waals surface area (Å²) in [6, 6.07) is 4.06. The van der Waals surface area contributed by atoms with Crippen molar-refractivity contribution in [3.8, 4) is 5.75 Å². The van der Waals surface area contributed by atoms with E-state index in [9.17, 15) is 0 Å². The van der Waals surface area contributed by atoms with Gasteiger partial charge in [-0.1, -0.05) is 0 Å². The van der Waals surface area contributed by atoms with Crippen molar-refractivity contribution < 1.29 is 4.74 Å². The monoisotopic (exact) mass is 223 g/mol. The number of rotatable bonds is 6. The number of hydrogen-bond donors (Lipinski definition) is 1. The summed E-state index contributed by atoms with van der Waals surface area (Å²) < 4.78 is 5.54. The van der Waals surface area contributed by atoms with E-state index in [1.165, 1.54) is 0 Å². The fourth-order valence-electron chi connectivity index (χ4n) is 1.29. The Morgan fingerprint density at radius 2 is 2.19 bits per heavy atom. The quantitative estimate of drug-likeness (QED) is 0.779. The standard InChI is InChI=1S/C12H21N3O/c1-10(13)8-11-4-5-12(9-14-11)16-7-6-15(2)3/h4-5,9-10H,6-8,13H2,1-3H3. The first kappa shape index (κ1) is 12.9. The maximum Gasteiger partial charge on any atom is 0.137 e. The molecule has 0 saturated carbocycles. The van der Waals surface area contributed by atoms with Crippen molar-refractivity contribution in [3.63, 3.8) is 0 Å². The molecular weight excluding hydrogens is 202 g/mol. The van der Waals surface area contributed by atoms with E-state index in [1.807, 2.05) is 33.2 Å². The molecule has 1 aromatic rings. The molecule has 1 heterocycles. The fourth-order valence-corrected chi connectivity index (χ4v) is 1.29. The van der Waals surface area contributed by atoms with Gasteiger partial charge in [0.1, 0.15) is 12.4 Å². The lowest BCUT2D eigenvalue weighted by Crippen LogP contribution is -2.20. The molecule has 1 unspecified atom stereocenters. The maximum atomic E-state index is 5.70. The van der Waals surface area contributed by atoms with Gasteiger partial charge in [0.05, 0.1) is 6.20 Å². The number of aromatic nitrogens is 1. The summed E-state index contributed by atoms with van der Waals surface area (Å²) in [5, 5.41) is 0. The number of nitrogens with two attached hydrogens (primary N) is 1. The van der Waals surface area contributed by atoms with Gasteiger partial charge in [-0.3, -0.25) is 4.98 Å². The number of hydrogen-bond acceptors (Lipinski definition) is 4. The van der Waals surface area contributed by atoms with Gasteiger partial charge in [0, 0.05) is 24.7 Å². The first-order valence-electron chi connectivity index (χ1n) is 5.56. The zero-order valence-electron chi connectivity index (χ0n) is 10.3. The Kier molecular flexibility index (Phi) is 5.22. The predicted molar refractivity (Wildman–Crippen MR) is 65.6 cm³/mol. The summed E-state index contributed by atoms with van der Waals surface area (Å²) in [6.45, 7) is 3.56. The summed E-state index contributed by atoms with van der Waals surface area (Å²) in [4.78, 5) is 6.38. The molecule has 0 saturated heterocycles. The smallest absolute Gasteiger partial charge is 0.137 e. The summed E-state index contributed by atoms with van der Waals surface area (Å²) in [6.07, 6.45) is 2.56. The van der Waals surface area contributed by atoms with Crippen molar-refractivity contribution >= 4 is 0 Å². The van der Waals surface area contributed by atoms with Crippen LogP contribution < -0.4 is 10.5 Å². The van der Waals surface area contributed by atoms with Crippen molar-refractivity contribution in [1.82, 2.24) is 9.88 Å². The normalized spacial score (nSPS) is 12.8. The molecule has 0 spiro atoms. The molecule has 0 fully saturated rings. The molecular formula is C12H21N3O. The molecule has 4 heteroatoms. The molecule has 0 amide bonds. The average molecular weight is 223 g/mol. The van der Waals surface area contributed by atoms with E-state index in [2.05, 4.69) is 9.88 Å². The summed E-state index contributed by atoms with van der Waals surface area (Å²) >= 11 is 0. The molecule has 0 aliphatic rings. The number of nitrogens with zero attached hydrogens (tertiary/aromatic N) is 2. The molecule has 4 nitrogen and oxygen atoms in total. The number of ether oxygens (including phenoxy) is 1. The molecule has 90 valence electrons. The van der Waals surface area contributed by atoms with Gasteiger partial charge in [-0.05, 0) is 33.2 Å². The van der Waals surface area contributed by atoms with E-state index in [1.54, 1.807) is 6.20 Å². The Labute approximate surface area is 97.4 Å². The highest BCUT2D eigenvalue weighted by atomic mass is 16.5. The van der Waals surface area contributed by atoms with Crippen molar-refractivity contribution in [2.45, 2.75) is 19.4 Å². The maximum absolute atomic E-state index is 5.70. The van der Waals surface area contributed by atoms with E-state index in [0.717, 1.165) is 24.4 Å². The second kappa shape index (κ2) is 6.45. The van der Waals surface area contributed by atoms with Gasteiger partial charge in [-0.2, -0.15) is 0 Å². The van der Waals surface area contributed by atoms with Crippen LogP contribution in [0.3, 0.4) is 0 Å². The molecule has 1 rings (SSSR count). The minimum atomic E-state index is 0.146. The lowest BCUT2D eigenvalue weighted by atomic mass is 10.2. The summed E-state index contributed by atoms with van der Waals surface area (Å²) in [5.74, 6) is 0.815. The largest absolute Gasteiger partial charge is 0.491 e. The third kappa shape index (κ3) is 5.09. The van der Waals surface area contributed by atoms with Gasteiger partial charge in [0.15, 0.2) is 0 Å². The Hall–Kier alpha value is -1.13. The van der Waals surface area contributed by atoms with Gasteiger partial charge in [-0.15, -0.1) is 0 Å². The van der Waals surface area contributed by atoms with E-state index >= 15 is 0 Å². The highest BCUT2D eigenvalue weighted by Gasteiger charge is 2.00. The van der Waals surface area contributed by atoms with Crippen LogP contribution in [-0.4, -0.2) is 43.2 Å². The average Bonchev–Trinajstić information content (AvgIpc) is 2.19. The molecule has 0 aliphatic heterocycles. The van der Waals surface area contributed by atoms with Crippen LogP contribution in [0.15, 0.2) is 18.3 Å². The Balaban J connectivity index is 2.39. The Bertz CT molecular complexity index is 296. The number of likely N-dealkylation sites (N-methyl/N-ethyl adjacent to an activating group) is 1. The van der Waals surface area contributed by atoms with Crippen LogP contribution in [0.5, 0.6) is 5.75 Å². The Morgan fingerprint density at radius 3 is 2.69 bits per heavy atom. The van der Waals surface area contributed by atoms with Gasteiger partial charge >= 0.3 is 0 Å². The molecule has 0 aliphatic carbocycles. The SMILES string of the molecule is CC(N)Cc1ccc(OCCN(C)C)cn1. The van der Waals surface area contributed by atoms with E-state index < -0.39 is 0 Å². The van der Waals surface area contributed by atoms with Crippen LogP contribution in [0.25, 0.3) is 0 Å². The van der Waals surface area contributed by atoms with E-state index in [-0.39, 0.29) is 6.04 Å². The zero-order chi connectivity index (χ0) is 12.0. The Morgan fingerprint density at radius 1 is 1.44 bits per heavy atom. The van der Waals surface area contributed by atoms with Crippen LogP contribution in [0.2, 0.25) is 0 Å². The molecule has 16 heavy (non-hydrogen) atoms. The minimum Gasteiger partial charge on any atom is -0.491 e. The molecule has 0 bridgehead atoms. The van der Waals surface area contributed by atoms with Gasteiger partial charge in [0.25, 0.3) is 0 Å². The van der Waals surface area contributed by atoms with Crippen molar-refractivity contribution in [2.24, 2.45) is 5.73 Å². The van der Waals surface area contributed by atoms with Crippen molar-refractivity contribution in [1.29, 1.82) is 0 Å². The van der Waals surface area contributed by atoms with Crippen LogP contribution >= 0.6 is 0 Å². The fraction of sp³-hybridized carbons (Fsp3) is 0.583. The van der Waals surface area contributed by atoms with E-state index in [4.69, 9.17) is 10.5 Å². The van der Waals surface area contributed by atoms with Gasteiger partial charge in [0.2, 0.25) is 0 Å². The predicted octanol–water partition coefficient (Wildman–Crippen LogP) is 0.912. The second-order valence-corrected chi connectivity index (χ2v) is 4.32. The van der Waals surface area contributed by atoms with Crippen LogP contribution in [0, 0.1) is 0 Å². The topological polar surface area (TPSA) is 51.4 Å². The van der Waals surface area contributed by atoms with Crippen molar-refractivity contribution in [2.75, 3.05) is 27.2 Å². The van der Waals surface area contributed by atoms with Crippen LogP contribution in [0.4, 0.5) is 0 Å². The molecule has 1 atom stereocenters. The van der Waals surface area contributed by atoms with Crippen molar-refractivity contribution in [3.05, 3.63) is 24.0 Å². The molecule has 2 N–H and O–H groups in total. The lowest BCUT2D eigenvalue weighted by Gasteiger charge is -2.11. The zero-order valence-corrected chi connectivity index (χ0v) is 10.3. The third-order valence-electron chi connectivity index (χ3n) is 2.14. The summed E-state index contributed by atoms with van der Waals surface area (Å²) in [5.41, 5.74) is 6.71. The first-order chi connectivity index (χ1) is 7.58. The first-order valence-corrected chi connectivity index (χ1v) is 5.56. The molecule has 0 aromatic carbocycles. The van der Waals surface area contributed by atoms with Gasteiger partial charge < -0.3 is 15.4 Å². The van der Waals surface area contributed by atoms with Crippen LogP contribution in [-0.2, 0) is 6.42 Å². The lowest BCUT2D eigenvalue weighted by molar-refractivity contribution is 0.260. The highest BCUT2D eigenvalue weighted by molar-refractivity contribution is 5.20. The third-order valence-corrected chi connectivity index (χ3v) is 2.14.